The number of nitrogens with one attached hydrogen (secondary N) is 1. The van der Waals surface area contributed by atoms with Crippen molar-refractivity contribution in [2.75, 3.05) is 5.88 Å². The molecule has 1 aromatic heterocycles. The van der Waals surface area contributed by atoms with Gasteiger partial charge >= 0.3 is 0 Å². The highest BCUT2D eigenvalue weighted by Crippen LogP contribution is 2.33. The van der Waals surface area contributed by atoms with E-state index < -0.39 is 0 Å². The number of halogens is 2. The summed E-state index contributed by atoms with van der Waals surface area (Å²) in [7, 11) is 0. The van der Waals surface area contributed by atoms with Crippen molar-refractivity contribution in [3.8, 4) is 0 Å². The minimum absolute atomic E-state index is 0.126. The largest absolute Gasteiger partial charge is 0.452 e. The summed E-state index contributed by atoms with van der Waals surface area (Å²) in [5, 5.41) is 3.17. The van der Waals surface area contributed by atoms with E-state index in [0.717, 1.165) is 19.3 Å². The average molecular weight is 290 g/mol. The van der Waals surface area contributed by atoms with Gasteiger partial charge in [0, 0.05) is 5.88 Å². The summed E-state index contributed by atoms with van der Waals surface area (Å²) >= 11 is 11.9. The third-order valence-electron chi connectivity index (χ3n) is 3.59. The van der Waals surface area contributed by atoms with E-state index in [2.05, 4.69) is 12.2 Å². The van der Waals surface area contributed by atoms with Crippen molar-refractivity contribution in [2.45, 2.75) is 38.1 Å². The molecule has 5 heteroatoms. The first kappa shape index (κ1) is 13.8. The first-order valence-corrected chi connectivity index (χ1v) is 7.09. The molecular formula is C13H17Cl2NO2. The van der Waals surface area contributed by atoms with Gasteiger partial charge in [-0.05, 0) is 36.4 Å². The molecule has 1 N–H and O–H groups in total. The van der Waals surface area contributed by atoms with Crippen LogP contribution in [0.5, 0.6) is 0 Å². The van der Waals surface area contributed by atoms with Crippen molar-refractivity contribution in [3.05, 3.63) is 23.1 Å². The molecule has 2 unspecified atom stereocenters. The zero-order valence-electron chi connectivity index (χ0n) is 10.3. The predicted octanol–water partition coefficient (Wildman–Crippen LogP) is 3.85. The standard InChI is InChI=1S/C13H17Cl2NO2/c1-9-3-2-5-13(7-9,8-14)16-12(17)10-4-6-18-11(10)15/h4,6,9H,2-3,5,7-8H2,1H3,(H,16,17). The fraction of sp³-hybridized carbons (Fsp3) is 0.615. The zero-order valence-corrected chi connectivity index (χ0v) is 11.9. The zero-order chi connectivity index (χ0) is 13.2. The molecule has 0 saturated heterocycles. The summed E-state index contributed by atoms with van der Waals surface area (Å²) in [5.41, 5.74) is 0.0658. The van der Waals surface area contributed by atoms with E-state index in [9.17, 15) is 4.79 Å². The van der Waals surface area contributed by atoms with Crippen molar-refractivity contribution in [2.24, 2.45) is 5.92 Å². The van der Waals surface area contributed by atoms with Crippen LogP contribution in [0.4, 0.5) is 0 Å². The Balaban J connectivity index is 2.11. The number of hydrogen-bond donors (Lipinski definition) is 1. The lowest BCUT2D eigenvalue weighted by Gasteiger charge is -2.39. The van der Waals surface area contributed by atoms with Gasteiger partial charge in [-0.15, -0.1) is 11.6 Å². The summed E-state index contributed by atoms with van der Waals surface area (Å²) < 4.78 is 4.93. The maximum absolute atomic E-state index is 12.2. The Kier molecular flexibility index (Phi) is 4.23. The molecule has 100 valence electrons. The van der Waals surface area contributed by atoms with Crippen LogP contribution in [0.3, 0.4) is 0 Å². The molecule has 0 spiro atoms. The van der Waals surface area contributed by atoms with Gasteiger partial charge in [0.1, 0.15) is 0 Å². The van der Waals surface area contributed by atoms with Gasteiger partial charge in [0.05, 0.1) is 17.4 Å². The normalized spacial score (nSPS) is 28.1. The van der Waals surface area contributed by atoms with Crippen LogP contribution in [0, 0.1) is 5.92 Å². The number of furan rings is 1. The summed E-state index contributed by atoms with van der Waals surface area (Å²) in [6.45, 7) is 2.19. The molecule has 0 radical (unpaired) electrons. The van der Waals surface area contributed by atoms with E-state index in [4.69, 9.17) is 27.6 Å². The Bertz CT molecular complexity index is 432. The SMILES string of the molecule is CC1CCCC(CCl)(NC(=O)c2ccoc2Cl)C1. The molecule has 2 atom stereocenters. The predicted molar refractivity (Wildman–Crippen MR) is 72.3 cm³/mol. The number of alkyl halides is 1. The van der Waals surface area contributed by atoms with Crippen LogP contribution in [-0.4, -0.2) is 17.3 Å². The lowest BCUT2D eigenvalue weighted by molar-refractivity contribution is 0.0867. The highest BCUT2D eigenvalue weighted by Gasteiger charge is 2.36. The lowest BCUT2D eigenvalue weighted by atomic mass is 9.77. The highest BCUT2D eigenvalue weighted by molar-refractivity contribution is 6.32. The van der Waals surface area contributed by atoms with Crippen LogP contribution in [-0.2, 0) is 0 Å². The smallest absolute Gasteiger partial charge is 0.256 e. The van der Waals surface area contributed by atoms with Crippen molar-refractivity contribution in [3.63, 3.8) is 0 Å². The monoisotopic (exact) mass is 289 g/mol. The van der Waals surface area contributed by atoms with Crippen molar-refractivity contribution in [1.29, 1.82) is 0 Å². The maximum Gasteiger partial charge on any atom is 0.256 e. The molecule has 1 aromatic rings. The number of rotatable bonds is 3. The lowest BCUT2D eigenvalue weighted by Crippen LogP contribution is -2.52. The summed E-state index contributed by atoms with van der Waals surface area (Å²) in [6, 6.07) is 1.58. The Hall–Kier alpha value is -0.670. The highest BCUT2D eigenvalue weighted by atomic mass is 35.5. The molecule has 1 fully saturated rings. The van der Waals surface area contributed by atoms with Gasteiger partial charge in [0.15, 0.2) is 0 Å². The summed E-state index contributed by atoms with van der Waals surface area (Å²) in [6.07, 6.45) is 5.53. The molecule has 18 heavy (non-hydrogen) atoms. The second-order valence-corrected chi connectivity index (χ2v) is 5.79. The molecule has 3 nitrogen and oxygen atoms in total. The van der Waals surface area contributed by atoms with Crippen LogP contribution in [0.1, 0.15) is 43.0 Å². The van der Waals surface area contributed by atoms with Gasteiger partial charge in [-0.2, -0.15) is 0 Å². The number of hydrogen-bond acceptors (Lipinski definition) is 2. The van der Waals surface area contributed by atoms with Crippen molar-refractivity contribution >= 4 is 29.1 Å². The van der Waals surface area contributed by atoms with Gasteiger partial charge in [-0.25, -0.2) is 0 Å². The van der Waals surface area contributed by atoms with E-state index in [1.807, 2.05) is 0 Å². The molecule has 0 aliphatic heterocycles. The number of carbonyl (C=O) groups excluding carboxylic acids is 1. The summed E-state index contributed by atoms with van der Waals surface area (Å²) in [4.78, 5) is 12.2. The molecule has 0 aromatic carbocycles. The summed E-state index contributed by atoms with van der Waals surface area (Å²) in [5.74, 6) is 0.805. The fourth-order valence-electron chi connectivity index (χ4n) is 2.69. The first-order chi connectivity index (χ1) is 8.56. The Morgan fingerprint density at radius 3 is 3.00 bits per heavy atom. The van der Waals surface area contributed by atoms with Crippen molar-refractivity contribution in [1.82, 2.24) is 5.32 Å². The Labute approximate surface area is 117 Å². The third-order valence-corrected chi connectivity index (χ3v) is 4.39. The van der Waals surface area contributed by atoms with Gasteiger partial charge < -0.3 is 9.73 Å². The minimum Gasteiger partial charge on any atom is -0.452 e. The molecule has 2 rings (SSSR count). The topological polar surface area (TPSA) is 42.2 Å². The number of carbonyl (C=O) groups is 1. The minimum atomic E-state index is -0.309. The van der Waals surface area contributed by atoms with Gasteiger partial charge in [0.25, 0.3) is 5.91 Å². The van der Waals surface area contributed by atoms with Crippen LogP contribution in [0.2, 0.25) is 5.22 Å². The molecule has 1 amide bonds. The quantitative estimate of drug-likeness (QED) is 0.859. The van der Waals surface area contributed by atoms with E-state index >= 15 is 0 Å². The van der Waals surface area contributed by atoms with E-state index in [0.29, 0.717) is 17.4 Å². The van der Waals surface area contributed by atoms with Gasteiger partial charge in [-0.1, -0.05) is 19.8 Å². The van der Waals surface area contributed by atoms with E-state index in [1.165, 1.54) is 12.7 Å². The third kappa shape index (κ3) is 2.83. The number of amides is 1. The maximum atomic E-state index is 12.2. The second-order valence-electron chi connectivity index (χ2n) is 5.18. The van der Waals surface area contributed by atoms with Crippen LogP contribution < -0.4 is 5.32 Å². The van der Waals surface area contributed by atoms with Gasteiger partial charge in [-0.3, -0.25) is 4.79 Å². The molecule has 1 saturated carbocycles. The molecule has 0 bridgehead atoms. The van der Waals surface area contributed by atoms with Crippen LogP contribution in [0.25, 0.3) is 0 Å². The first-order valence-electron chi connectivity index (χ1n) is 6.18. The molecule has 1 aliphatic rings. The molecule has 1 aliphatic carbocycles. The van der Waals surface area contributed by atoms with E-state index in [-0.39, 0.29) is 16.7 Å². The molecule has 1 heterocycles. The van der Waals surface area contributed by atoms with E-state index in [1.54, 1.807) is 6.07 Å². The second kappa shape index (κ2) is 5.54. The molecular weight excluding hydrogens is 273 g/mol. The average Bonchev–Trinajstić information content (AvgIpc) is 2.75. The fourth-order valence-corrected chi connectivity index (χ4v) is 3.20. The Morgan fingerprint density at radius 2 is 2.44 bits per heavy atom. The van der Waals surface area contributed by atoms with Crippen LogP contribution in [0.15, 0.2) is 16.7 Å². The van der Waals surface area contributed by atoms with Crippen LogP contribution >= 0.6 is 23.2 Å². The van der Waals surface area contributed by atoms with Crippen molar-refractivity contribution < 1.29 is 9.21 Å². The Morgan fingerprint density at radius 1 is 1.67 bits per heavy atom. The van der Waals surface area contributed by atoms with Gasteiger partial charge in [0.2, 0.25) is 5.22 Å².